The zero-order chi connectivity index (χ0) is 22.6. The Kier molecular flexibility index (Phi) is 7.12. The summed E-state index contributed by atoms with van der Waals surface area (Å²) in [6.07, 6.45) is -0.366. The molecule has 0 spiro atoms. The molecule has 0 aliphatic rings. The molecule has 0 unspecified atom stereocenters. The Morgan fingerprint density at radius 2 is 2.03 bits per heavy atom. The van der Waals surface area contributed by atoms with Gasteiger partial charge < -0.3 is 14.8 Å². The monoisotopic (exact) mass is 466 g/mol. The highest BCUT2D eigenvalue weighted by atomic mass is 35.5. The molecule has 0 saturated carbocycles. The lowest BCUT2D eigenvalue weighted by Gasteiger charge is -2.20. The van der Waals surface area contributed by atoms with Gasteiger partial charge in [0, 0.05) is 22.7 Å². The predicted molar refractivity (Wildman–Crippen MR) is 119 cm³/mol. The van der Waals surface area contributed by atoms with Crippen molar-refractivity contribution >= 4 is 39.2 Å². The Hall–Kier alpha value is -2.71. The van der Waals surface area contributed by atoms with Crippen LogP contribution >= 0.6 is 22.9 Å². The average Bonchev–Trinajstić information content (AvgIpc) is 3.10. The number of carbonyl (C=O) groups excluding carboxylic acids is 1. The van der Waals surface area contributed by atoms with Crippen LogP contribution in [-0.2, 0) is 4.74 Å². The van der Waals surface area contributed by atoms with E-state index < -0.39 is 17.5 Å². The van der Waals surface area contributed by atoms with Crippen LogP contribution in [0.2, 0.25) is 5.02 Å². The molecule has 1 amide bonds. The van der Waals surface area contributed by atoms with Crippen molar-refractivity contribution in [2.45, 2.75) is 26.4 Å². The summed E-state index contributed by atoms with van der Waals surface area (Å²) >= 11 is 7.40. The number of hydrogen-bond acceptors (Lipinski definition) is 5. The van der Waals surface area contributed by atoms with E-state index in [0.29, 0.717) is 21.9 Å². The molecule has 0 radical (unpaired) electrons. The predicted octanol–water partition coefficient (Wildman–Crippen LogP) is 6.51. The largest absolute Gasteiger partial charge is 0.486 e. The van der Waals surface area contributed by atoms with Gasteiger partial charge in [0.05, 0.1) is 16.5 Å². The van der Waals surface area contributed by atoms with E-state index in [4.69, 9.17) is 21.1 Å². The molecule has 3 rings (SSSR count). The smallest absolute Gasteiger partial charge is 0.407 e. The molecular weight excluding hydrogens is 446 g/mol. The van der Waals surface area contributed by atoms with E-state index in [2.05, 4.69) is 10.3 Å². The molecule has 31 heavy (non-hydrogen) atoms. The van der Waals surface area contributed by atoms with E-state index in [1.807, 2.05) is 12.1 Å². The molecule has 0 aliphatic carbocycles. The third-order valence-corrected chi connectivity index (χ3v) is 5.26. The first-order chi connectivity index (χ1) is 14.6. The minimum atomic E-state index is -0.681. The zero-order valence-corrected chi connectivity index (χ0v) is 18.7. The van der Waals surface area contributed by atoms with Crippen LogP contribution in [0.25, 0.3) is 20.8 Å². The number of aromatic nitrogens is 1. The van der Waals surface area contributed by atoms with Gasteiger partial charge >= 0.3 is 6.09 Å². The first-order valence-electron chi connectivity index (χ1n) is 9.38. The molecule has 5 nitrogen and oxygen atoms in total. The van der Waals surface area contributed by atoms with Crippen molar-refractivity contribution < 1.29 is 23.0 Å². The van der Waals surface area contributed by atoms with Gasteiger partial charge in [-0.3, -0.25) is 0 Å². The lowest BCUT2D eigenvalue weighted by atomic mass is 10.2. The van der Waals surface area contributed by atoms with Gasteiger partial charge in [-0.05, 0) is 57.2 Å². The third-order valence-electron chi connectivity index (χ3n) is 3.96. The maximum atomic E-state index is 14.5. The minimum Gasteiger partial charge on any atom is -0.486 e. The summed E-state index contributed by atoms with van der Waals surface area (Å²) in [5.74, 6) is -0.641. The second kappa shape index (κ2) is 9.62. The van der Waals surface area contributed by atoms with E-state index >= 15 is 0 Å². The van der Waals surface area contributed by atoms with Crippen LogP contribution in [0.4, 0.5) is 13.6 Å². The summed E-state index contributed by atoms with van der Waals surface area (Å²) in [5.41, 5.74) is 0.827. The Balaban J connectivity index is 1.62. The van der Waals surface area contributed by atoms with Crippen LogP contribution in [0.1, 0.15) is 20.8 Å². The van der Waals surface area contributed by atoms with Crippen LogP contribution in [0.3, 0.4) is 0 Å². The molecule has 1 aromatic heterocycles. The second-order valence-corrected chi connectivity index (χ2v) is 9.15. The van der Waals surface area contributed by atoms with Gasteiger partial charge in [0.25, 0.3) is 0 Å². The maximum absolute atomic E-state index is 14.5. The van der Waals surface area contributed by atoms with E-state index in [-0.39, 0.29) is 24.5 Å². The van der Waals surface area contributed by atoms with E-state index in [1.54, 1.807) is 32.9 Å². The molecule has 0 atom stereocenters. The maximum Gasteiger partial charge on any atom is 0.407 e. The topological polar surface area (TPSA) is 60.5 Å². The van der Waals surface area contributed by atoms with Gasteiger partial charge in [0.15, 0.2) is 11.6 Å². The quantitative estimate of drug-likeness (QED) is 0.449. The van der Waals surface area contributed by atoms with Gasteiger partial charge in [-0.25, -0.2) is 18.6 Å². The van der Waals surface area contributed by atoms with Gasteiger partial charge in [0.2, 0.25) is 0 Å². The van der Waals surface area contributed by atoms with E-state index in [1.165, 1.54) is 23.5 Å². The van der Waals surface area contributed by atoms with Crippen LogP contribution in [0.15, 0.2) is 48.3 Å². The van der Waals surface area contributed by atoms with Gasteiger partial charge in [-0.15, -0.1) is 11.3 Å². The summed E-state index contributed by atoms with van der Waals surface area (Å²) in [5, 5.41) is 3.68. The lowest BCUT2D eigenvalue weighted by molar-refractivity contribution is 0.0531. The molecule has 3 aromatic rings. The van der Waals surface area contributed by atoms with Crippen LogP contribution in [0.5, 0.6) is 5.75 Å². The second-order valence-electron chi connectivity index (χ2n) is 7.69. The van der Waals surface area contributed by atoms with Crippen molar-refractivity contribution in [3.63, 3.8) is 0 Å². The number of carbonyl (C=O) groups is 1. The van der Waals surface area contributed by atoms with Gasteiger partial charge in [0.1, 0.15) is 17.2 Å². The number of nitrogens with one attached hydrogen (secondary N) is 1. The number of benzene rings is 2. The first kappa shape index (κ1) is 23.0. The van der Waals surface area contributed by atoms with Crippen LogP contribution < -0.4 is 10.1 Å². The Morgan fingerprint density at radius 1 is 1.26 bits per heavy atom. The van der Waals surface area contributed by atoms with Crippen molar-refractivity contribution in [1.82, 2.24) is 10.3 Å². The molecule has 9 heteroatoms. The molecule has 1 N–H and O–H groups in total. The van der Waals surface area contributed by atoms with Crippen molar-refractivity contribution in [3.8, 4) is 16.3 Å². The number of nitrogens with zero attached hydrogens (tertiary/aromatic N) is 1. The van der Waals surface area contributed by atoms with Crippen molar-refractivity contribution in [1.29, 1.82) is 0 Å². The number of amides is 1. The average molecular weight is 467 g/mol. The highest BCUT2D eigenvalue weighted by molar-refractivity contribution is 7.21. The lowest BCUT2D eigenvalue weighted by Crippen LogP contribution is -2.34. The SMILES string of the molecule is CC(C)(C)OC(=O)NC/C(=C/F)COc1ccc(-c2nc3ccc(Cl)cc3s2)cc1F. The molecule has 2 aromatic carbocycles. The number of hydrogen-bond donors (Lipinski definition) is 1. The number of thiazole rings is 1. The molecule has 0 saturated heterocycles. The number of rotatable bonds is 6. The van der Waals surface area contributed by atoms with Crippen LogP contribution in [-0.4, -0.2) is 29.8 Å². The highest BCUT2D eigenvalue weighted by Crippen LogP contribution is 2.33. The molecule has 0 bridgehead atoms. The summed E-state index contributed by atoms with van der Waals surface area (Å²) in [7, 11) is 0. The molecule has 164 valence electrons. The molecule has 0 fully saturated rings. The third kappa shape index (κ3) is 6.38. The van der Waals surface area contributed by atoms with E-state index in [0.717, 1.165) is 10.2 Å². The fraction of sp³-hybridized carbons (Fsp3) is 0.273. The number of alkyl carbamates (subject to hydrolysis) is 1. The Bertz CT molecular complexity index is 1130. The zero-order valence-electron chi connectivity index (χ0n) is 17.2. The standard InChI is InChI=1S/C22H21ClF2N2O3S/c1-22(2,3)30-21(28)26-11-13(10-24)12-29-18-7-4-14(8-16(18)25)20-27-17-6-5-15(23)9-19(17)31-20/h4-10H,11-12H2,1-3H3,(H,26,28)/b13-10-. The fourth-order valence-corrected chi connectivity index (χ4v) is 3.80. The summed E-state index contributed by atoms with van der Waals surface area (Å²) < 4.78 is 39.0. The minimum absolute atomic E-state index is 0.0375. The Morgan fingerprint density at radius 3 is 2.71 bits per heavy atom. The normalized spacial score (nSPS) is 12.1. The highest BCUT2D eigenvalue weighted by Gasteiger charge is 2.16. The van der Waals surface area contributed by atoms with Crippen molar-refractivity contribution in [3.05, 3.63) is 59.1 Å². The van der Waals surface area contributed by atoms with Crippen LogP contribution in [0, 0.1) is 5.82 Å². The number of ether oxygens (including phenoxy) is 2. The molecule has 0 aliphatic heterocycles. The molecule has 1 heterocycles. The summed E-state index contributed by atoms with van der Waals surface area (Å²) in [6.45, 7) is 4.80. The van der Waals surface area contributed by atoms with Crippen molar-refractivity contribution in [2.24, 2.45) is 0 Å². The van der Waals surface area contributed by atoms with Crippen molar-refractivity contribution in [2.75, 3.05) is 13.2 Å². The van der Waals surface area contributed by atoms with Gasteiger partial charge in [-0.2, -0.15) is 0 Å². The fourth-order valence-electron chi connectivity index (χ4n) is 2.56. The molecular formula is C22H21ClF2N2O3S. The summed E-state index contributed by atoms with van der Waals surface area (Å²) in [6, 6.07) is 9.81. The Labute approximate surface area is 187 Å². The van der Waals surface area contributed by atoms with Gasteiger partial charge in [-0.1, -0.05) is 11.6 Å². The number of fused-ring (bicyclic) bond motifs is 1. The van der Waals surface area contributed by atoms with E-state index in [9.17, 15) is 13.6 Å². The number of halogens is 3. The summed E-state index contributed by atoms with van der Waals surface area (Å²) in [4.78, 5) is 16.2. The first-order valence-corrected chi connectivity index (χ1v) is 10.6.